The van der Waals surface area contributed by atoms with Crippen LogP contribution in [0.25, 0.3) is 0 Å². The minimum atomic E-state index is -4.98. The number of carbonyl (C=O) groups is 1. The number of rotatable bonds is 4. The molecular formula is C12H13F4NO3. The number of nitrogens with one attached hydrogen (secondary N) is 1. The lowest BCUT2D eigenvalue weighted by atomic mass is 10.0. The van der Waals surface area contributed by atoms with Gasteiger partial charge in [-0.3, -0.25) is 10.1 Å². The normalized spacial score (nSPS) is 22.7. The van der Waals surface area contributed by atoms with Crippen molar-refractivity contribution < 1.29 is 31.8 Å². The SMILES string of the molecule is COC(=O)CNC1(C)C=CC(F)=C(OC(F)(F)F)C=C1. The molecule has 0 aromatic rings. The van der Waals surface area contributed by atoms with E-state index in [9.17, 15) is 22.4 Å². The van der Waals surface area contributed by atoms with Crippen LogP contribution in [0.4, 0.5) is 17.6 Å². The maximum atomic E-state index is 13.4. The highest BCUT2D eigenvalue weighted by molar-refractivity contribution is 5.71. The molecule has 112 valence electrons. The second kappa shape index (κ2) is 6.08. The standard InChI is InChI=1S/C12H13F4NO3/c1-11(17-7-10(18)19-2)5-3-8(13)9(4-6-11)20-12(14,15)16/h3-6,17H,7H2,1-2H3. The summed E-state index contributed by atoms with van der Waals surface area (Å²) < 4.78 is 57.7. The van der Waals surface area contributed by atoms with Crippen molar-refractivity contribution >= 4 is 5.97 Å². The summed E-state index contributed by atoms with van der Waals surface area (Å²) >= 11 is 0. The van der Waals surface area contributed by atoms with E-state index >= 15 is 0 Å². The van der Waals surface area contributed by atoms with Crippen LogP contribution >= 0.6 is 0 Å². The van der Waals surface area contributed by atoms with E-state index in [4.69, 9.17) is 0 Å². The number of alkyl halides is 3. The summed E-state index contributed by atoms with van der Waals surface area (Å²) in [5, 5.41) is 2.71. The molecule has 0 fully saturated rings. The number of carbonyl (C=O) groups excluding carboxylic acids is 1. The Labute approximate surface area is 112 Å². The fraction of sp³-hybridized carbons (Fsp3) is 0.417. The van der Waals surface area contributed by atoms with Crippen LogP contribution in [-0.2, 0) is 14.3 Å². The highest BCUT2D eigenvalue weighted by atomic mass is 19.4. The topological polar surface area (TPSA) is 47.6 Å². The average molecular weight is 295 g/mol. The maximum Gasteiger partial charge on any atom is 0.573 e. The molecule has 0 aliphatic heterocycles. The lowest BCUT2D eigenvalue weighted by Gasteiger charge is -2.22. The maximum absolute atomic E-state index is 13.4. The summed E-state index contributed by atoms with van der Waals surface area (Å²) in [5.74, 6) is -2.67. The summed E-state index contributed by atoms with van der Waals surface area (Å²) in [6.07, 6.45) is -0.766. The van der Waals surface area contributed by atoms with E-state index in [1.807, 2.05) is 0 Å². The molecular weight excluding hydrogens is 282 g/mol. The summed E-state index contributed by atoms with van der Waals surface area (Å²) in [4.78, 5) is 11.0. The van der Waals surface area contributed by atoms with Crippen LogP contribution < -0.4 is 5.32 Å². The molecule has 20 heavy (non-hydrogen) atoms. The molecule has 1 rings (SSSR count). The van der Waals surface area contributed by atoms with E-state index in [0.29, 0.717) is 0 Å². The van der Waals surface area contributed by atoms with Gasteiger partial charge in [0.15, 0.2) is 11.6 Å². The Morgan fingerprint density at radius 3 is 2.50 bits per heavy atom. The predicted molar refractivity (Wildman–Crippen MR) is 62.0 cm³/mol. The fourth-order valence-corrected chi connectivity index (χ4v) is 1.37. The van der Waals surface area contributed by atoms with Gasteiger partial charge in [-0.2, -0.15) is 0 Å². The smallest absolute Gasteiger partial charge is 0.468 e. The van der Waals surface area contributed by atoms with Crippen LogP contribution in [0.1, 0.15) is 6.92 Å². The average Bonchev–Trinajstić information content (AvgIpc) is 2.49. The third-order valence-electron chi connectivity index (χ3n) is 2.46. The first kappa shape index (κ1) is 16.2. The Morgan fingerprint density at radius 1 is 1.35 bits per heavy atom. The van der Waals surface area contributed by atoms with E-state index in [0.717, 1.165) is 12.2 Å². The van der Waals surface area contributed by atoms with Gasteiger partial charge in [0.2, 0.25) is 0 Å². The highest BCUT2D eigenvalue weighted by Crippen LogP contribution is 2.27. The van der Waals surface area contributed by atoms with Crippen LogP contribution in [0.3, 0.4) is 0 Å². The number of methoxy groups -OCH3 is 1. The van der Waals surface area contributed by atoms with E-state index < -0.39 is 29.5 Å². The molecule has 1 aliphatic rings. The molecule has 0 saturated heterocycles. The molecule has 4 nitrogen and oxygen atoms in total. The van der Waals surface area contributed by atoms with E-state index in [1.165, 1.54) is 19.3 Å². The fourth-order valence-electron chi connectivity index (χ4n) is 1.37. The summed E-state index contributed by atoms with van der Waals surface area (Å²) in [6, 6.07) is 0. The van der Waals surface area contributed by atoms with Gasteiger partial charge in [-0.25, -0.2) is 4.39 Å². The second-order valence-corrected chi connectivity index (χ2v) is 4.14. The number of ether oxygens (including phenoxy) is 2. The highest BCUT2D eigenvalue weighted by Gasteiger charge is 2.33. The predicted octanol–water partition coefficient (Wildman–Crippen LogP) is 2.35. The van der Waals surface area contributed by atoms with Gasteiger partial charge in [0.05, 0.1) is 19.2 Å². The van der Waals surface area contributed by atoms with Crippen LogP contribution in [-0.4, -0.2) is 31.5 Å². The third-order valence-corrected chi connectivity index (χ3v) is 2.46. The molecule has 1 aliphatic carbocycles. The van der Waals surface area contributed by atoms with Crippen molar-refractivity contribution in [2.45, 2.75) is 18.8 Å². The lowest BCUT2D eigenvalue weighted by molar-refractivity contribution is -0.304. The van der Waals surface area contributed by atoms with Gasteiger partial charge in [0.1, 0.15) is 0 Å². The molecule has 0 radical (unpaired) electrons. The Bertz CT molecular complexity index is 468. The lowest BCUT2D eigenvalue weighted by Crippen LogP contribution is -2.41. The van der Waals surface area contributed by atoms with Crippen molar-refractivity contribution in [1.29, 1.82) is 0 Å². The number of allylic oxidation sites excluding steroid dienone is 3. The molecule has 1 unspecified atom stereocenters. The molecule has 0 aromatic heterocycles. The van der Waals surface area contributed by atoms with Gasteiger partial charge < -0.3 is 9.47 Å². The minimum absolute atomic E-state index is 0.182. The summed E-state index contributed by atoms with van der Waals surface area (Å²) in [6.45, 7) is 1.37. The first-order valence-corrected chi connectivity index (χ1v) is 5.51. The molecule has 8 heteroatoms. The van der Waals surface area contributed by atoms with Gasteiger partial charge >= 0.3 is 12.3 Å². The number of hydrogen-bond acceptors (Lipinski definition) is 4. The van der Waals surface area contributed by atoms with Crippen molar-refractivity contribution in [3.63, 3.8) is 0 Å². The minimum Gasteiger partial charge on any atom is -0.468 e. The number of esters is 1. The van der Waals surface area contributed by atoms with Gasteiger partial charge in [-0.05, 0) is 19.1 Å². The second-order valence-electron chi connectivity index (χ2n) is 4.14. The van der Waals surface area contributed by atoms with Crippen molar-refractivity contribution in [3.05, 3.63) is 35.9 Å². The zero-order valence-electron chi connectivity index (χ0n) is 10.8. The van der Waals surface area contributed by atoms with Crippen molar-refractivity contribution in [3.8, 4) is 0 Å². The monoisotopic (exact) mass is 295 g/mol. The Balaban J connectivity index is 2.82. The summed E-state index contributed by atoms with van der Waals surface area (Å²) in [7, 11) is 1.20. The van der Waals surface area contributed by atoms with E-state index in [-0.39, 0.29) is 6.54 Å². The van der Waals surface area contributed by atoms with Crippen LogP contribution in [0.2, 0.25) is 0 Å². The van der Waals surface area contributed by atoms with E-state index in [1.54, 1.807) is 6.92 Å². The molecule has 0 amide bonds. The Hall–Kier alpha value is -1.83. The molecule has 1 N–H and O–H groups in total. The first-order valence-electron chi connectivity index (χ1n) is 5.51. The largest absolute Gasteiger partial charge is 0.573 e. The quantitative estimate of drug-likeness (QED) is 0.639. The van der Waals surface area contributed by atoms with Crippen molar-refractivity contribution in [2.75, 3.05) is 13.7 Å². The molecule has 1 atom stereocenters. The van der Waals surface area contributed by atoms with Crippen LogP contribution in [0, 0.1) is 0 Å². The molecule has 0 spiro atoms. The zero-order valence-corrected chi connectivity index (χ0v) is 10.8. The van der Waals surface area contributed by atoms with Gasteiger partial charge in [0.25, 0.3) is 0 Å². The zero-order chi connectivity index (χ0) is 15.4. The molecule has 0 bridgehead atoms. The van der Waals surface area contributed by atoms with Gasteiger partial charge in [-0.1, -0.05) is 12.2 Å². The summed E-state index contributed by atoms with van der Waals surface area (Å²) in [5.41, 5.74) is -1.01. The molecule has 0 heterocycles. The van der Waals surface area contributed by atoms with Gasteiger partial charge in [0, 0.05) is 0 Å². The van der Waals surface area contributed by atoms with E-state index in [2.05, 4.69) is 14.8 Å². The van der Waals surface area contributed by atoms with Gasteiger partial charge in [-0.15, -0.1) is 13.2 Å². The number of hydrogen-bond donors (Lipinski definition) is 1. The van der Waals surface area contributed by atoms with Crippen LogP contribution in [0.5, 0.6) is 0 Å². The Morgan fingerprint density at radius 2 is 1.95 bits per heavy atom. The van der Waals surface area contributed by atoms with Crippen LogP contribution in [0.15, 0.2) is 35.9 Å². The Kier molecular flexibility index (Phi) is 4.93. The first-order chi connectivity index (χ1) is 9.15. The number of halogens is 4. The molecule has 0 saturated carbocycles. The molecule has 0 aromatic carbocycles. The van der Waals surface area contributed by atoms with Crippen molar-refractivity contribution in [2.24, 2.45) is 0 Å². The van der Waals surface area contributed by atoms with Crippen molar-refractivity contribution in [1.82, 2.24) is 5.32 Å². The third kappa shape index (κ3) is 5.04.